The fourth-order valence-electron chi connectivity index (χ4n) is 0.645. The molecule has 1 rings (SSSR count). The molecular weight excluding hydrogens is 116 g/mol. The monoisotopic (exact) mass is 124 g/mol. The summed E-state index contributed by atoms with van der Waals surface area (Å²) in [4.78, 5) is 16.0. The highest BCUT2D eigenvalue weighted by Gasteiger charge is 2.36. The van der Waals surface area contributed by atoms with Gasteiger partial charge in [0.15, 0.2) is 0 Å². The minimum atomic E-state index is -0.132. The van der Waals surface area contributed by atoms with Gasteiger partial charge in [-0.05, 0) is 19.5 Å². The molecule has 0 spiro atoms. The van der Waals surface area contributed by atoms with Crippen LogP contribution in [-0.2, 0) is 4.79 Å². The lowest BCUT2D eigenvalue weighted by Crippen LogP contribution is -2.06. The fraction of sp³-hybridized carbons (Fsp3) is 0.500. The molecule has 0 aromatic heterocycles. The predicted octanol–water partition coefficient (Wildman–Crippen LogP) is -0.317. The lowest BCUT2D eigenvalue weighted by Gasteiger charge is -1.84. The van der Waals surface area contributed by atoms with Gasteiger partial charge in [0.25, 0.3) is 5.91 Å². The van der Waals surface area contributed by atoms with Crippen LogP contribution in [0.15, 0.2) is 11.6 Å². The molecular formula is C6H8N2O. The van der Waals surface area contributed by atoms with Crippen LogP contribution in [0.4, 0.5) is 0 Å². The van der Waals surface area contributed by atoms with E-state index in [-0.39, 0.29) is 11.9 Å². The van der Waals surface area contributed by atoms with Crippen molar-refractivity contribution in [3.8, 4) is 0 Å². The summed E-state index contributed by atoms with van der Waals surface area (Å²) in [5.41, 5.74) is 0. The van der Waals surface area contributed by atoms with Gasteiger partial charge in [0, 0.05) is 6.54 Å². The first-order valence-corrected chi connectivity index (χ1v) is 2.72. The minimum absolute atomic E-state index is 0.0132. The number of rotatable bonds is 1. The molecule has 1 fully saturated rings. The van der Waals surface area contributed by atoms with Crippen LogP contribution in [0.1, 0.15) is 0 Å². The third-order valence-corrected chi connectivity index (χ3v) is 1.33. The number of carbonyl (C=O) groups excluding carboxylic acids is 1. The second kappa shape index (κ2) is 2.13. The van der Waals surface area contributed by atoms with Crippen molar-refractivity contribution in [1.82, 2.24) is 4.90 Å². The van der Waals surface area contributed by atoms with Crippen molar-refractivity contribution in [2.75, 3.05) is 13.6 Å². The van der Waals surface area contributed by atoms with Crippen LogP contribution >= 0.6 is 0 Å². The van der Waals surface area contributed by atoms with Crippen LogP contribution < -0.4 is 0 Å². The van der Waals surface area contributed by atoms with Crippen LogP contribution in [0.3, 0.4) is 0 Å². The zero-order valence-corrected chi connectivity index (χ0v) is 5.29. The van der Waals surface area contributed by atoms with Gasteiger partial charge in [0.2, 0.25) is 0 Å². The third kappa shape index (κ3) is 1.25. The molecule has 0 saturated carbocycles. The molecule has 1 amide bonds. The molecule has 0 N–H and O–H groups in total. The number of aliphatic imine (C=N–C) groups is 1. The van der Waals surface area contributed by atoms with Gasteiger partial charge in [-0.25, -0.2) is 0 Å². The summed E-state index contributed by atoms with van der Waals surface area (Å²) in [6.07, 6.45) is 0. The molecule has 2 atom stereocenters. The van der Waals surface area contributed by atoms with Gasteiger partial charge in [-0.3, -0.25) is 9.69 Å². The Kier molecular flexibility index (Phi) is 1.47. The average molecular weight is 124 g/mol. The van der Waals surface area contributed by atoms with E-state index in [1.807, 2.05) is 11.9 Å². The smallest absolute Gasteiger partial charge is 0.272 e. The number of amides is 1. The number of likely N-dealkylation sites (N-methyl/N-ethyl adjacent to an activating group) is 1. The second-order valence-electron chi connectivity index (χ2n) is 2.06. The van der Waals surface area contributed by atoms with E-state index in [1.165, 1.54) is 0 Å². The van der Waals surface area contributed by atoms with E-state index in [4.69, 9.17) is 0 Å². The molecule has 3 nitrogen and oxygen atoms in total. The highest BCUT2D eigenvalue weighted by molar-refractivity contribution is 5.89. The molecule has 1 aliphatic rings. The first kappa shape index (κ1) is 6.20. The van der Waals surface area contributed by atoms with Gasteiger partial charge in [-0.2, -0.15) is 4.99 Å². The van der Waals surface area contributed by atoms with E-state index in [0.717, 1.165) is 6.54 Å². The van der Waals surface area contributed by atoms with E-state index >= 15 is 0 Å². The quantitative estimate of drug-likeness (QED) is 0.354. The average Bonchev–Trinajstić information content (AvgIpc) is 2.47. The molecule has 0 aliphatic carbocycles. The first-order chi connectivity index (χ1) is 4.25. The number of hydrogen-bond donors (Lipinski definition) is 0. The van der Waals surface area contributed by atoms with Gasteiger partial charge in [0.05, 0.1) is 0 Å². The largest absolute Gasteiger partial charge is 0.292 e. The maximum Gasteiger partial charge on any atom is 0.272 e. The van der Waals surface area contributed by atoms with Crippen LogP contribution in [0.5, 0.6) is 0 Å². The van der Waals surface area contributed by atoms with Crippen molar-refractivity contribution in [3.63, 3.8) is 0 Å². The highest BCUT2D eigenvalue weighted by Crippen LogP contribution is 2.13. The van der Waals surface area contributed by atoms with Crippen LogP contribution in [-0.4, -0.2) is 36.3 Å². The number of nitrogens with zero attached hydrogens (tertiary/aromatic N) is 2. The summed E-state index contributed by atoms with van der Waals surface area (Å²) in [6.45, 7) is 4.03. The van der Waals surface area contributed by atoms with Crippen LogP contribution in [0, 0.1) is 0 Å². The van der Waals surface area contributed by atoms with Crippen molar-refractivity contribution in [1.29, 1.82) is 0 Å². The summed E-state index contributed by atoms with van der Waals surface area (Å²) >= 11 is 0. The van der Waals surface area contributed by atoms with Crippen molar-refractivity contribution in [2.24, 2.45) is 4.99 Å². The summed E-state index contributed by atoms with van der Waals surface area (Å²) in [5, 5.41) is 0. The molecule has 3 heteroatoms. The standard InChI is InChI=1S/C6H8N2O/c1-3-7-6(9)5-4-8(5)2/h5H,1,4H2,2H3/t5-,8?/m1/s1. The van der Waals surface area contributed by atoms with Gasteiger partial charge < -0.3 is 0 Å². The maximum atomic E-state index is 10.7. The normalized spacial score (nSPS) is 30.8. The topological polar surface area (TPSA) is 32.4 Å². The van der Waals surface area contributed by atoms with Gasteiger partial charge in [-0.15, -0.1) is 0 Å². The molecule has 0 bridgehead atoms. The number of hydrogen-bond acceptors (Lipinski definition) is 2. The second-order valence-corrected chi connectivity index (χ2v) is 2.06. The van der Waals surface area contributed by atoms with E-state index in [2.05, 4.69) is 17.4 Å². The van der Waals surface area contributed by atoms with Crippen LogP contribution in [0.2, 0.25) is 0 Å². The molecule has 1 heterocycles. The SMILES string of the molecule is C=C=NC(=O)[C@H]1CN1C. The Morgan fingerprint density at radius 3 is 2.89 bits per heavy atom. The zero-order chi connectivity index (χ0) is 6.85. The molecule has 1 unspecified atom stereocenters. The Labute approximate surface area is 53.7 Å². The summed E-state index contributed by atoms with van der Waals surface area (Å²) < 4.78 is 0. The Hall–Kier alpha value is -0.920. The molecule has 48 valence electrons. The Morgan fingerprint density at radius 2 is 2.56 bits per heavy atom. The molecule has 1 aliphatic heterocycles. The van der Waals surface area contributed by atoms with Gasteiger partial charge in [0.1, 0.15) is 6.04 Å². The zero-order valence-electron chi connectivity index (χ0n) is 5.29. The molecule has 9 heavy (non-hydrogen) atoms. The first-order valence-electron chi connectivity index (χ1n) is 2.72. The summed E-state index contributed by atoms with van der Waals surface area (Å²) in [5.74, 6) is 2.08. The summed E-state index contributed by atoms with van der Waals surface area (Å²) in [7, 11) is 1.88. The van der Waals surface area contributed by atoms with Crippen molar-refractivity contribution in [2.45, 2.75) is 6.04 Å². The van der Waals surface area contributed by atoms with Crippen LogP contribution in [0.25, 0.3) is 0 Å². The van der Waals surface area contributed by atoms with Crippen molar-refractivity contribution >= 4 is 11.8 Å². The minimum Gasteiger partial charge on any atom is -0.292 e. The fourth-order valence-corrected chi connectivity index (χ4v) is 0.645. The van der Waals surface area contributed by atoms with Gasteiger partial charge >= 0.3 is 0 Å². The Bertz CT molecular complexity index is 181. The molecule has 0 radical (unpaired) electrons. The Morgan fingerprint density at radius 1 is 2.00 bits per heavy atom. The summed E-state index contributed by atoms with van der Waals surface area (Å²) in [6, 6.07) is 0.0132. The molecule has 1 saturated heterocycles. The number of carbonyl (C=O) groups is 1. The molecule has 0 aromatic rings. The van der Waals surface area contributed by atoms with Crippen molar-refractivity contribution < 1.29 is 4.79 Å². The lowest BCUT2D eigenvalue weighted by atomic mass is 10.4. The lowest BCUT2D eigenvalue weighted by molar-refractivity contribution is -0.117. The maximum absolute atomic E-state index is 10.7. The van der Waals surface area contributed by atoms with E-state index < -0.39 is 0 Å². The van der Waals surface area contributed by atoms with E-state index in [0.29, 0.717) is 0 Å². The highest BCUT2D eigenvalue weighted by atomic mass is 16.2. The van der Waals surface area contributed by atoms with Gasteiger partial charge in [-0.1, -0.05) is 0 Å². The predicted molar refractivity (Wildman–Crippen MR) is 34.5 cm³/mol. The third-order valence-electron chi connectivity index (χ3n) is 1.33. The van der Waals surface area contributed by atoms with E-state index in [1.54, 1.807) is 0 Å². The van der Waals surface area contributed by atoms with Crippen molar-refractivity contribution in [3.05, 3.63) is 6.58 Å². The Balaban J connectivity index is 2.45. The molecule has 0 aromatic carbocycles. The van der Waals surface area contributed by atoms with E-state index in [9.17, 15) is 4.79 Å².